The molecule has 0 aliphatic heterocycles. The van der Waals surface area contributed by atoms with Gasteiger partial charge in [-0.2, -0.15) is 0 Å². The number of rotatable bonds is 0. The Bertz CT molecular complexity index is 385. The van der Waals surface area contributed by atoms with E-state index < -0.39 is 0 Å². The summed E-state index contributed by atoms with van der Waals surface area (Å²) in [5.74, 6) is 0. The first-order valence-corrected chi connectivity index (χ1v) is 6.91. The number of hydrogen-bond acceptors (Lipinski definition) is 0. The molecule has 1 aromatic rings. The average molecular weight is 245 g/mol. The van der Waals surface area contributed by atoms with Crippen molar-refractivity contribution in [3.63, 3.8) is 0 Å². The zero-order valence-corrected chi connectivity index (χ0v) is 13.7. The predicted octanol–water partition coefficient (Wildman–Crippen LogP) is 5.38. The van der Waals surface area contributed by atoms with Gasteiger partial charge in [-0.05, 0) is 39.0 Å². The molecule has 1 rings (SSSR count). The summed E-state index contributed by atoms with van der Waals surface area (Å²) in [6.45, 7) is 20.6. The SMILES string of the molecule is CC(C)(C)c1[c]ccc(C(C)(C)C)c1C(C)(C)C. The van der Waals surface area contributed by atoms with E-state index in [1.807, 2.05) is 0 Å². The van der Waals surface area contributed by atoms with Gasteiger partial charge in [0.1, 0.15) is 0 Å². The Morgan fingerprint density at radius 2 is 1.22 bits per heavy atom. The molecule has 0 N–H and O–H groups in total. The summed E-state index contributed by atoms with van der Waals surface area (Å²) in [5.41, 5.74) is 4.77. The maximum Gasteiger partial charge on any atom is -0.0123 e. The summed E-state index contributed by atoms with van der Waals surface area (Å²) in [6.07, 6.45) is 0. The quantitative estimate of drug-likeness (QED) is 0.575. The number of benzene rings is 1. The fourth-order valence-corrected chi connectivity index (χ4v) is 2.49. The van der Waals surface area contributed by atoms with E-state index in [2.05, 4.69) is 80.5 Å². The highest BCUT2D eigenvalue weighted by molar-refractivity contribution is 5.45. The first-order valence-electron chi connectivity index (χ1n) is 6.91. The van der Waals surface area contributed by atoms with Gasteiger partial charge in [0.2, 0.25) is 0 Å². The molecular weight excluding hydrogens is 216 g/mol. The lowest BCUT2D eigenvalue weighted by atomic mass is 9.69. The van der Waals surface area contributed by atoms with Crippen LogP contribution in [0.1, 0.15) is 79.0 Å². The minimum absolute atomic E-state index is 0.143. The molecule has 0 aliphatic carbocycles. The van der Waals surface area contributed by atoms with Crippen molar-refractivity contribution in [2.45, 2.75) is 78.6 Å². The minimum atomic E-state index is 0.143. The molecule has 1 aromatic carbocycles. The van der Waals surface area contributed by atoms with E-state index in [-0.39, 0.29) is 16.2 Å². The van der Waals surface area contributed by atoms with Gasteiger partial charge in [0, 0.05) is 0 Å². The van der Waals surface area contributed by atoms with E-state index in [9.17, 15) is 0 Å². The van der Waals surface area contributed by atoms with Crippen LogP contribution in [0.5, 0.6) is 0 Å². The van der Waals surface area contributed by atoms with Gasteiger partial charge in [-0.25, -0.2) is 0 Å². The lowest BCUT2D eigenvalue weighted by Crippen LogP contribution is -2.28. The summed E-state index contributed by atoms with van der Waals surface area (Å²) in [5, 5.41) is 0. The standard InChI is InChI=1S/C18H29/c1-16(2,3)13-11-10-12-14(17(4,5)6)15(13)18(7,8)9/h10-11H,1-9H3. The Morgan fingerprint density at radius 3 is 1.56 bits per heavy atom. The van der Waals surface area contributed by atoms with Crippen LogP contribution in [-0.4, -0.2) is 0 Å². The fourth-order valence-electron chi connectivity index (χ4n) is 2.49. The molecule has 0 aliphatic rings. The van der Waals surface area contributed by atoms with E-state index in [1.165, 1.54) is 16.7 Å². The molecular formula is C18H29. The third-order valence-electron chi connectivity index (χ3n) is 3.31. The molecule has 1 radical (unpaired) electrons. The van der Waals surface area contributed by atoms with Crippen LogP contribution in [0.15, 0.2) is 12.1 Å². The highest BCUT2D eigenvalue weighted by atomic mass is 14.3. The molecule has 101 valence electrons. The normalized spacial score (nSPS) is 13.8. The van der Waals surface area contributed by atoms with Crippen molar-refractivity contribution in [3.8, 4) is 0 Å². The molecule has 0 unspecified atom stereocenters. The van der Waals surface area contributed by atoms with Crippen LogP contribution < -0.4 is 0 Å². The Labute approximate surface area is 114 Å². The van der Waals surface area contributed by atoms with Crippen molar-refractivity contribution in [2.75, 3.05) is 0 Å². The van der Waals surface area contributed by atoms with E-state index in [4.69, 9.17) is 0 Å². The second-order valence-corrected chi connectivity index (χ2v) is 8.39. The molecule has 0 heterocycles. The molecule has 0 spiro atoms. The molecule has 0 saturated heterocycles. The van der Waals surface area contributed by atoms with E-state index >= 15 is 0 Å². The van der Waals surface area contributed by atoms with Crippen molar-refractivity contribution >= 4 is 0 Å². The fraction of sp³-hybridized carbons (Fsp3) is 0.667. The van der Waals surface area contributed by atoms with Crippen LogP contribution in [0, 0.1) is 6.07 Å². The van der Waals surface area contributed by atoms with E-state index in [0.29, 0.717) is 0 Å². The molecule has 0 atom stereocenters. The number of hydrogen-bond donors (Lipinski definition) is 0. The van der Waals surface area contributed by atoms with Crippen LogP contribution in [0.2, 0.25) is 0 Å². The zero-order chi connectivity index (χ0) is 14.4. The first kappa shape index (κ1) is 15.3. The summed E-state index contributed by atoms with van der Waals surface area (Å²) < 4.78 is 0. The van der Waals surface area contributed by atoms with Gasteiger partial charge in [-0.1, -0.05) is 74.4 Å². The average Bonchev–Trinajstić information content (AvgIpc) is 2.12. The van der Waals surface area contributed by atoms with Gasteiger partial charge >= 0.3 is 0 Å². The summed E-state index contributed by atoms with van der Waals surface area (Å²) in [7, 11) is 0. The first-order chi connectivity index (χ1) is 7.85. The predicted molar refractivity (Wildman–Crippen MR) is 81.4 cm³/mol. The molecule has 0 heteroatoms. The summed E-state index contributed by atoms with van der Waals surface area (Å²) in [6, 6.07) is 7.84. The Kier molecular flexibility index (Phi) is 3.74. The smallest absolute Gasteiger partial charge is 0.0123 e. The highest BCUT2D eigenvalue weighted by Gasteiger charge is 2.31. The molecule has 0 aromatic heterocycles. The topological polar surface area (TPSA) is 0 Å². The largest absolute Gasteiger partial charge is 0.0576 e. The zero-order valence-electron chi connectivity index (χ0n) is 13.7. The lowest BCUT2D eigenvalue weighted by Gasteiger charge is -2.36. The van der Waals surface area contributed by atoms with Gasteiger partial charge in [0.25, 0.3) is 0 Å². The molecule has 0 saturated carbocycles. The van der Waals surface area contributed by atoms with Gasteiger partial charge in [0.15, 0.2) is 0 Å². The molecule has 0 nitrogen and oxygen atoms in total. The molecule has 0 amide bonds. The van der Waals surface area contributed by atoms with Crippen LogP contribution in [-0.2, 0) is 16.2 Å². The highest BCUT2D eigenvalue weighted by Crippen LogP contribution is 2.40. The maximum absolute atomic E-state index is 3.50. The maximum atomic E-state index is 3.50. The second kappa shape index (κ2) is 4.40. The van der Waals surface area contributed by atoms with Gasteiger partial charge in [-0.3, -0.25) is 0 Å². The molecule has 0 bridgehead atoms. The van der Waals surface area contributed by atoms with Gasteiger partial charge in [-0.15, -0.1) is 0 Å². The van der Waals surface area contributed by atoms with Crippen LogP contribution in [0.4, 0.5) is 0 Å². The van der Waals surface area contributed by atoms with Gasteiger partial charge in [0.05, 0.1) is 0 Å². The Morgan fingerprint density at radius 1 is 0.722 bits per heavy atom. The van der Waals surface area contributed by atoms with Gasteiger partial charge < -0.3 is 0 Å². The molecule has 18 heavy (non-hydrogen) atoms. The lowest BCUT2D eigenvalue weighted by molar-refractivity contribution is 0.497. The van der Waals surface area contributed by atoms with E-state index in [1.54, 1.807) is 0 Å². The Hall–Kier alpha value is -0.780. The third-order valence-corrected chi connectivity index (χ3v) is 3.31. The van der Waals surface area contributed by atoms with E-state index in [0.717, 1.165) is 0 Å². The summed E-state index contributed by atoms with van der Waals surface area (Å²) >= 11 is 0. The molecule has 0 fully saturated rings. The third kappa shape index (κ3) is 3.16. The second-order valence-electron chi connectivity index (χ2n) is 8.39. The van der Waals surface area contributed by atoms with Crippen molar-refractivity contribution in [1.29, 1.82) is 0 Å². The monoisotopic (exact) mass is 245 g/mol. The summed E-state index contributed by atoms with van der Waals surface area (Å²) in [4.78, 5) is 0. The van der Waals surface area contributed by atoms with Crippen molar-refractivity contribution < 1.29 is 0 Å². The van der Waals surface area contributed by atoms with Crippen molar-refractivity contribution in [3.05, 3.63) is 34.9 Å². The minimum Gasteiger partial charge on any atom is -0.0576 e. The van der Waals surface area contributed by atoms with Crippen LogP contribution in [0.3, 0.4) is 0 Å². The van der Waals surface area contributed by atoms with Crippen LogP contribution >= 0.6 is 0 Å². The van der Waals surface area contributed by atoms with Crippen LogP contribution in [0.25, 0.3) is 0 Å². The van der Waals surface area contributed by atoms with Crippen molar-refractivity contribution in [2.24, 2.45) is 0 Å². The Balaban J connectivity index is 3.68. The van der Waals surface area contributed by atoms with Crippen molar-refractivity contribution in [1.82, 2.24) is 0 Å².